The van der Waals surface area contributed by atoms with E-state index in [4.69, 9.17) is 10.5 Å². The normalized spacial score (nSPS) is 18.0. The Morgan fingerprint density at radius 1 is 1.53 bits per heavy atom. The zero-order valence-corrected chi connectivity index (χ0v) is 12.2. The molecule has 3 N–H and O–H groups in total. The maximum atomic E-state index is 12.2. The first-order valence-corrected chi connectivity index (χ1v) is 7.76. The molecule has 1 aliphatic carbocycles. The molecule has 1 saturated carbocycles. The van der Waals surface area contributed by atoms with Gasteiger partial charge in [0.1, 0.15) is 5.75 Å². The summed E-state index contributed by atoms with van der Waals surface area (Å²) in [6, 6.07) is 1.87. The molecule has 1 atom stereocenters. The minimum Gasteiger partial charge on any atom is -0.496 e. The fourth-order valence-corrected chi connectivity index (χ4v) is 3.45. The molecule has 2 rings (SSSR count). The largest absolute Gasteiger partial charge is 0.496 e. The van der Waals surface area contributed by atoms with E-state index in [0.717, 1.165) is 5.75 Å². The predicted octanol–water partition coefficient (Wildman–Crippen LogP) is 2.39. The molecule has 0 spiro atoms. The Labute approximate surface area is 118 Å². The summed E-state index contributed by atoms with van der Waals surface area (Å²) >= 11 is 1.40. The van der Waals surface area contributed by atoms with Gasteiger partial charge in [-0.05, 0) is 18.8 Å². The number of methoxy groups -OCH3 is 1. The van der Waals surface area contributed by atoms with Gasteiger partial charge in [-0.25, -0.2) is 0 Å². The van der Waals surface area contributed by atoms with Gasteiger partial charge in [0.2, 0.25) is 0 Å². The molecule has 106 valence electrons. The number of carbonyl (C=O) groups is 1. The molecule has 0 aromatic carbocycles. The van der Waals surface area contributed by atoms with E-state index in [-0.39, 0.29) is 11.9 Å². The smallest absolute Gasteiger partial charge is 0.261 e. The quantitative estimate of drug-likeness (QED) is 0.871. The minimum atomic E-state index is -0.0330. The van der Waals surface area contributed by atoms with Crippen molar-refractivity contribution in [1.29, 1.82) is 0 Å². The number of nitrogens with one attached hydrogen (secondary N) is 1. The van der Waals surface area contributed by atoms with Crippen molar-refractivity contribution in [3.05, 3.63) is 16.3 Å². The van der Waals surface area contributed by atoms with Crippen LogP contribution in [0.1, 0.15) is 41.8 Å². The molecule has 0 aliphatic heterocycles. The van der Waals surface area contributed by atoms with Crippen LogP contribution in [0.2, 0.25) is 0 Å². The van der Waals surface area contributed by atoms with Crippen molar-refractivity contribution >= 4 is 17.2 Å². The maximum absolute atomic E-state index is 12.2. The van der Waals surface area contributed by atoms with E-state index in [1.165, 1.54) is 43.4 Å². The fourth-order valence-electron chi connectivity index (χ4n) is 2.69. The van der Waals surface area contributed by atoms with Gasteiger partial charge in [0.25, 0.3) is 5.91 Å². The number of nitrogens with two attached hydrogens (primary N) is 1. The van der Waals surface area contributed by atoms with E-state index in [2.05, 4.69) is 5.32 Å². The second-order valence-corrected chi connectivity index (χ2v) is 5.98. The van der Waals surface area contributed by atoms with Crippen LogP contribution < -0.4 is 15.8 Å². The summed E-state index contributed by atoms with van der Waals surface area (Å²) in [5.74, 6) is 1.23. The van der Waals surface area contributed by atoms with Crippen molar-refractivity contribution in [3.63, 3.8) is 0 Å². The topological polar surface area (TPSA) is 64.3 Å². The van der Waals surface area contributed by atoms with Crippen LogP contribution in [0.15, 0.2) is 11.4 Å². The average Bonchev–Trinajstić information content (AvgIpc) is 2.94. The van der Waals surface area contributed by atoms with Crippen molar-refractivity contribution in [2.24, 2.45) is 11.7 Å². The van der Waals surface area contributed by atoms with E-state index in [1.54, 1.807) is 13.2 Å². The molecule has 1 unspecified atom stereocenters. The summed E-state index contributed by atoms with van der Waals surface area (Å²) in [4.78, 5) is 12.9. The van der Waals surface area contributed by atoms with Crippen molar-refractivity contribution in [3.8, 4) is 5.75 Å². The van der Waals surface area contributed by atoms with Crippen LogP contribution in [-0.4, -0.2) is 25.6 Å². The van der Waals surface area contributed by atoms with Crippen LogP contribution in [0.5, 0.6) is 5.75 Å². The SMILES string of the molecule is COc1csc(C(=O)NC(CN)C2CCCCC2)c1. The van der Waals surface area contributed by atoms with Gasteiger partial charge in [0.05, 0.1) is 12.0 Å². The molecular weight excluding hydrogens is 260 g/mol. The van der Waals surface area contributed by atoms with Gasteiger partial charge in [-0.1, -0.05) is 19.3 Å². The Balaban J connectivity index is 1.95. The fraction of sp³-hybridized carbons (Fsp3) is 0.643. The molecule has 1 amide bonds. The van der Waals surface area contributed by atoms with Crippen LogP contribution in [-0.2, 0) is 0 Å². The van der Waals surface area contributed by atoms with Crippen LogP contribution in [0, 0.1) is 5.92 Å². The highest BCUT2D eigenvalue weighted by Gasteiger charge is 2.24. The Bertz CT molecular complexity index is 413. The molecular formula is C14H22N2O2S. The lowest BCUT2D eigenvalue weighted by Gasteiger charge is -2.29. The monoisotopic (exact) mass is 282 g/mol. The molecule has 1 heterocycles. The second kappa shape index (κ2) is 6.91. The zero-order chi connectivity index (χ0) is 13.7. The highest BCUT2D eigenvalue weighted by molar-refractivity contribution is 7.12. The van der Waals surface area contributed by atoms with Gasteiger partial charge in [-0.2, -0.15) is 0 Å². The van der Waals surface area contributed by atoms with Crippen molar-refractivity contribution < 1.29 is 9.53 Å². The first-order valence-electron chi connectivity index (χ1n) is 6.88. The predicted molar refractivity (Wildman–Crippen MR) is 77.8 cm³/mol. The third-order valence-electron chi connectivity index (χ3n) is 3.82. The zero-order valence-electron chi connectivity index (χ0n) is 11.4. The highest BCUT2D eigenvalue weighted by Crippen LogP contribution is 2.27. The van der Waals surface area contributed by atoms with E-state index in [1.807, 2.05) is 5.38 Å². The molecule has 5 heteroatoms. The third-order valence-corrected chi connectivity index (χ3v) is 4.73. The minimum absolute atomic E-state index is 0.0330. The summed E-state index contributed by atoms with van der Waals surface area (Å²) in [6.07, 6.45) is 6.17. The van der Waals surface area contributed by atoms with E-state index < -0.39 is 0 Å². The van der Waals surface area contributed by atoms with Gasteiger partial charge < -0.3 is 15.8 Å². The Kier molecular flexibility index (Phi) is 5.22. The summed E-state index contributed by atoms with van der Waals surface area (Å²) in [5, 5.41) is 4.92. The molecule has 0 saturated heterocycles. The van der Waals surface area contributed by atoms with Crippen LogP contribution in [0.4, 0.5) is 0 Å². The molecule has 1 aromatic heterocycles. The van der Waals surface area contributed by atoms with E-state index in [9.17, 15) is 4.79 Å². The molecule has 0 bridgehead atoms. The lowest BCUT2D eigenvalue weighted by atomic mass is 9.84. The lowest BCUT2D eigenvalue weighted by molar-refractivity contribution is 0.0919. The third kappa shape index (κ3) is 3.70. The Morgan fingerprint density at radius 2 is 2.26 bits per heavy atom. The highest BCUT2D eigenvalue weighted by atomic mass is 32.1. The summed E-state index contributed by atoms with van der Waals surface area (Å²) in [5.41, 5.74) is 5.83. The summed E-state index contributed by atoms with van der Waals surface area (Å²) in [6.45, 7) is 0.513. The summed E-state index contributed by atoms with van der Waals surface area (Å²) in [7, 11) is 1.61. The van der Waals surface area contributed by atoms with Gasteiger partial charge in [0.15, 0.2) is 0 Å². The molecule has 1 aromatic rings. The van der Waals surface area contributed by atoms with Gasteiger partial charge in [0, 0.05) is 24.0 Å². The maximum Gasteiger partial charge on any atom is 0.261 e. The van der Waals surface area contributed by atoms with E-state index >= 15 is 0 Å². The Hall–Kier alpha value is -1.07. The number of carbonyl (C=O) groups excluding carboxylic acids is 1. The molecule has 1 fully saturated rings. The lowest BCUT2D eigenvalue weighted by Crippen LogP contribution is -2.45. The van der Waals surface area contributed by atoms with Gasteiger partial charge >= 0.3 is 0 Å². The number of rotatable bonds is 5. The van der Waals surface area contributed by atoms with E-state index in [0.29, 0.717) is 17.3 Å². The first-order chi connectivity index (χ1) is 9.24. The number of thiophene rings is 1. The second-order valence-electron chi connectivity index (χ2n) is 5.06. The first kappa shape index (κ1) is 14.3. The molecule has 4 nitrogen and oxygen atoms in total. The number of ether oxygens (including phenoxy) is 1. The van der Waals surface area contributed by atoms with Gasteiger partial charge in [-0.3, -0.25) is 4.79 Å². The summed E-state index contributed by atoms with van der Waals surface area (Å²) < 4.78 is 5.10. The average molecular weight is 282 g/mol. The molecule has 1 aliphatic rings. The Morgan fingerprint density at radius 3 is 2.84 bits per heavy atom. The molecule has 0 radical (unpaired) electrons. The van der Waals surface area contributed by atoms with Gasteiger partial charge in [-0.15, -0.1) is 11.3 Å². The number of amides is 1. The number of hydrogen-bond acceptors (Lipinski definition) is 4. The van der Waals surface area contributed by atoms with Crippen LogP contribution in [0.3, 0.4) is 0 Å². The van der Waals surface area contributed by atoms with Crippen molar-refractivity contribution in [2.45, 2.75) is 38.1 Å². The van der Waals surface area contributed by atoms with Crippen LogP contribution >= 0.6 is 11.3 Å². The standard InChI is InChI=1S/C14H22N2O2S/c1-18-11-7-13(19-9-11)14(17)16-12(8-15)10-5-3-2-4-6-10/h7,9-10,12H,2-6,8,15H2,1H3,(H,16,17). The van der Waals surface area contributed by atoms with Crippen LogP contribution in [0.25, 0.3) is 0 Å². The van der Waals surface area contributed by atoms with Crippen molar-refractivity contribution in [2.75, 3.05) is 13.7 Å². The molecule has 19 heavy (non-hydrogen) atoms. The van der Waals surface area contributed by atoms with Crippen molar-refractivity contribution in [1.82, 2.24) is 5.32 Å². The number of hydrogen-bond donors (Lipinski definition) is 2.